The molecule has 0 atom stereocenters. The van der Waals surface area contributed by atoms with Crippen molar-refractivity contribution in [2.45, 2.75) is 53.0 Å². The van der Waals surface area contributed by atoms with Crippen LogP contribution in [0.15, 0.2) is 9.70 Å². The van der Waals surface area contributed by atoms with Gasteiger partial charge >= 0.3 is 0 Å². The molecular weight excluding hydrogens is 444 g/mol. The maximum atomic E-state index is 13.1. The molecule has 0 N–H and O–H groups in total. The molecule has 0 spiro atoms. The van der Waals surface area contributed by atoms with Gasteiger partial charge in [-0.05, 0) is 51.2 Å². The van der Waals surface area contributed by atoms with Crippen LogP contribution in [-0.2, 0) is 16.1 Å². The Bertz CT molecular complexity index is 1020. The molecule has 0 bridgehead atoms. The van der Waals surface area contributed by atoms with E-state index in [2.05, 4.69) is 11.0 Å². The van der Waals surface area contributed by atoms with Crippen LogP contribution in [0.4, 0.5) is 5.82 Å². The van der Waals surface area contributed by atoms with Gasteiger partial charge in [0.25, 0.3) is 11.5 Å². The number of nitriles is 1. The standard InChI is InChI=1S/C23H30N4O3S2/c1-4-9-26-20(25-10-6-7-11-25)17(16(3)18(15-24)21(26)28)14-19-22(29)27(23(31)32-19)12-8-13-30-5-2/h14H,4-13H2,1-3H3/b19-14-. The predicted octanol–water partition coefficient (Wildman–Crippen LogP) is 3.67. The van der Waals surface area contributed by atoms with E-state index >= 15 is 0 Å². The molecule has 3 heterocycles. The van der Waals surface area contributed by atoms with Crippen molar-refractivity contribution in [3.63, 3.8) is 0 Å². The second kappa shape index (κ2) is 11.1. The quantitative estimate of drug-likeness (QED) is 0.307. The number of rotatable bonds is 9. The summed E-state index contributed by atoms with van der Waals surface area (Å²) in [5.41, 5.74) is 1.27. The molecule has 1 aromatic rings. The molecule has 2 fully saturated rings. The summed E-state index contributed by atoms with van der Waals surface area (Å²) in [6.45, 7) is 9.72. The number of thiocarbonyl (C=S) groups is 1. The first-order chi connectivity index (χ1) is 15.4. The summed E-state index contributed by atoms with van der Waals surface area (Å²) in [6, 6.07) is 2.09. The Morgan fingerprint density at radius 1 is 1.22 bits per heavy atom. The summed E-state index contributed by atoms with van der Waals surface area (Å²) in [5.74, 6) is 0.683. The topological polar surface area (TPSA) is 78.6 Å². The number of ether oxygens (including phenoxy) is 1. The lowest BCUT2D eigenvalue weighted by molar-refractivity contribution is -0.122. The lowest BCUT2D eigenvalue weighted by Crippen LogP contribution is -2.33. The van der Waals surface area contributed by atoms with Gasteiger partial charge in [-0.25, -0.2) is 0 Å². The zero-order chi connectivity index (χ0) is 23.3. The van der Waals surface area contributed by atoms with E-state index in [0.717, 1.165) is 43.7 Å². The Hall–Kier alpha value is -2.15. The van der Waals surface area contributed by atoms with Gasteiger partial charge in [0.1, 0.15) is 21.8 Å². The summed E-state index contributed by atoms with van der Waals surface area (Å²) >= 11 is 6.74. The molecule has 7 nitrogen and oxygen atoms in total. The minimum absolute atomic E-state index is 0.130. The number of pyridine rings is 1. The molecule has 1 amide bonds. The number of aromatic nitrogens is 1. The molecule has 0 radical (unpaired) electrons. The third-order valence-electron chi connectivity index (χ3n) is 5.72. The molecule has 2 aliphatic heterocycles. The second-order valence-corrected chi connectivity index (χ2v) is 9.56. The molecule has 0 aliphatic carbocycles. The summed E-state index contributed by atoms with van der Waals surface area (Å²) in [7, 11) is 0. The van der Waals surface area contributed by atoms with Crippen molar-refractivity contribution in [2.24, 2.45) is 0 Å². The van der Waals surface area contributed by atoms with Crippen molar-refractivity contribution in [3.8, 4) is 6.07 Å². The van der Waals surface area contributed by atoms with E-state index in [1.807, 2.05) is 19.9 Å². The SMILES string of the molecule is CCCn1c(N2CCCC2)c(/C=C2\SC(=S)N(CCCOCC)C2=O)c(C)c(C#N)c1=O. The third kappa shape index (κ3) is 4.92. The Balaban J connectivity index is 2.07. The van der Waals surface area contributed by atoms with Crippen molar-refractivity contribution in [1.82, 2.24) is 9.47 Å². The van der Waals surface area contributed by atoms with Gasteiger partial charge in [-0.1, -0.05) is 30.9 Å². The highest BCUT2D eigenvalue weighted by Crippen LogP contribution is 2.36. The number of hydrogen-bond acceptors (Lipinski definition) is 7. The lowest BCUT2D eigenvalue weighted by atomic mass is 10.0. The molecule has 32 heavy (non-hydrogen) atoms. The molecule has 0 saturated carbocycles. The largest absolute Gasteiger partial charge is 0.382 e. The fraction of sp³-hybridized carbons (Fsp3) is 0.565. The number of carbonyl (C=O) groups excluding carboxylic acids is 1. The van der Waals surface area contributed by atoms with Crippen LogP contribution in [0.25, 0.3) is 6.08 Å². The van der Waals surface area contributed by atoms with Gasteiger partial charge in [-0.2, -0.15) is 5.26 Å². The third-order valence-corrected chi connectivity index (χ3v) is 7.10. The van der Waals surface area contributed by atoms with Gasteiger partial charge in [0.2, 0.25) is 0 Å². The predicted molar refractivity (Wildman–Crippen MR) is 133 cm³/mol. The summed E-state index contributed by atoms with van der Waals surface area (Å²) in [5, 5.41) is 9.70. The van der Waals surface area contributed by atoms with Gasteiger partial charge < -0.3 is 9.64 Å². The van der Waals surface area contributed by atoms with Crippen LogP contribution in [0.3, 0.4) is 0 Å². The van der Waals surface area contributed by atoms with E-state index in [0.29, 0.717) is 47.5 Å². The van der Waals surface area contributed by atoms with Crippen molar-refractivity contribution in [2.75, 3.05) is 37.7 Å². The van der Waals surface area contributed by atoms with Crippen LogP contribution in [0.1, 0.15) is 56.2 Å². The molecule has 172 valence electrons. The molecule has 1 aromatic heterocycles. The first-order valence-electron chi connectivity index (χ1n) is 11.2. The van der Waals surface area contributed by atoms with E-state index in [1.165, 1.54) is 11.8 Å². The van der Waals surface area contributed by atoms with E-state index in [9.17, 15) is 14.9 Å². The summed E-state index contributed by atoms with van der Waals surface area (Å²) in [6.07, 6.45) is 5.43. The van der Waals surface area contributed by atoms with E-state index in [-0.39, 0.29) is 17.0 Å². The smallest absolute Gasteiger partial charge is 0.270 e. The minimum atomic E-state index is -0.255. The molecule has 2 saturated heterocycles. The first kappa shape index (κ1) is 24.5. The molecule has 0 unspecified atom stereocenters. The van der Waals surface area contributed by atoms with Crippen LogP contribution in [-0.4, -0.2) is 52.5 Å². The van der Waals surface area contributed by atoms with Gasteiger partial charge in [0.15, 0.2) is 0 Å². The van der Waals surface area contributed by atoms with Crippen molar-refractivity contribution < 1.29 is 9.53 Å². The Kier molecular flexibility index (Phi) is 8.51. The summed E-state index contributed by atoms with van der Waals surface area (Å²) < 4.78 is 7.62. The number of hydrogen-bond donors (Lipinski definition) is 0. The Morgan fingerprint density at radius 2 is 1.94 bits per heavy atom. The van der Waals surface area contributed by atoms with E-state index in [1.54, 1.807) is 16.4 Å². The lowest BCUT2D eigenvalue weighted by Gasteiger charge is -2.26. The molecule has 0 aromatic carbocycles. The fourth-order valence-electron chi connectivity index (χ4n) is 4.14. The fourth-order valence-corrected chi connectivity index (χ4v) is 5.43. The number of thioether (sulfide) groups is 1. The maximum Gasteiger partial charge on any atom is 0.270 e. The number of carbonyl (C=O) groups is 1. The van der Waals surface area contributed by atoms with Crippen LogP contribution in [0.5, 0.6) is 0 Å². The second-order valence-electron chi connectivity index (χ2n) is 7.88. The molecule has 3 rings (SSSR count). The van der Waals surface area contributed by atoms with E-state index < -0.39 is 0 Å². The van der Waals surface area contributed by atoms with Crippen LogP contribution in [0.2, 0.25) is 0 Å². The van der Waals surface area contributed by atoms with Gasteiger partial charge in [-0.15, -0.1) is 0 Å². The zero-order valence-electron chi connectivity index (χ0n) is 19.0. The molecule has 2 aliphatic rings. The summed E-state index contributed by atoms with van der Waals surface area (Å²) in [4.78, 5) is 30.6. The number of nitrogens with zero attached hydrogens (tertiary/aromatic N) is 4. The normalized spacial score (nSPS) is 17.6. The first-order valence-corrected chi connectivity index (χ1v) is 12.4. The van der Waals surface area contributed by atoms with Crippen LogP contribution >= 0.6 is 24.0 Å². The highest BCUT2D eigenvalue weighted by Gasteiger charge is 2.33. The average Bonchev–Trinajstić information content (AvgIpc) is 3.39. The van der Waals surface area contributed by atoms with Crippen molar-refractivity contribution >= 4 is 46.1 Å². The molecular formula is C23H30N4O3S2. The zero-order valence-corrected chi connectivity index (χ0v) is 20.6. The molecule has 9 heteroatoms. The van der Waals surface area contributed by atoms with Gasteiger partial charge in [0, 0.05) is 45.0 Å². The average molecular weight is 475 g/mol. The van der Waals surface area contributed by atoms with Gasteiger partial charge in [0.05, 0.1) is 4.91 Å². The van der Waals surface area contributed by atoms with Gasteiger partial charge in [-0.3, -0.25) is 19.1 Å². The minimum Gasteiger partial charge on any atom is -0.382 e. The number of anilines is 1. The highest BCUT2D eigenvalue weighted by molar-refractivity contribution is 8.26. The van der Waals surface area contributed by atoms with Crippen LogP contribution in [0, 0.1) is 18.3 Å². The highest BCUT2D eigenvalue weighted by atomic mass is 32.2. The Morgan fingerprint density at radius 3 is 2.56 bits per heavy atom. The number of amides is 1. The maximum absolute atomic E-state index is 13.1. The monoisotopic (exact) mass is 474 g/mol. The van der Waals surface area contributed by atoms with Crippen molar-refractivity contribution in [3.05, 3.63) is 31.9 Å². The Labute approximate surface area is 199 Å². The van der Waals surface area contributed by atoms with Crippen LogP contribution < -0.4 is 10.5 Å². The van der Waals surface area contributed by atoms with Crippen molar-refractivity contribution in [1.29, 1.82) is 5.26 Å². The van der Waals surface area contributed by atoms with E-state index in [4.69, 9.17) is 17.0 Å².